The molecule has 9 heteroatoms. The molecular weight excluding hydrogens is 402 g/mol. The third-order valence-corrected chi connectivity index (χ3v) is 5.59. The summed E-state index contributed by atoms with van der Waals surface area (Å²) in [5.41, 5.74) is 3.12. The maximum Gasteiger partial charge on any atom is 0.278 e. The minimum Gasteiger partial charge on any atom is -0.353 e. The Morgan fingerprint density at radius 3 is 2.43 bits per heavy atom. The van der Waals surface area contributed by atoms with Crippen LogP contribution in [0.2, 0.25) is 0 Å². The predicted molar refractivity (Wildman–Crippen MR) is 120 cm³/mol. The number of aryl methyl sites for hydroxylation is 1. The van der Waals surface area contributed by atoms with E-state index in [-0.39, 0.29) is 29.2 Å². The molecule has 0 aliphatic heterocycles. The highest BCUT2D eigenvalue weighted by Crippen LogP contribution is 2.23. The Morgan fingerprint density at radius 2 is 1.83 bits per heavy atom. The first-order valence-electron chi connectivity index (χ1n) is 9.70. The second kappa shape index (κ2) is 9.17. The summed E-state index contributed by atoms with van der Waals surface area (Å²) >= 11 is 1.24. The Kier molecular flexibility index (Phi) is 6.61. The zero-order valence-electron chi connectivity index (χ0n) is 17.4. The molecule has 3 rings (SSSR count). The van der Waals surface area contributed by atoms with Crippen molar-refractivity contribution < 1.29 is 9.59 Å². The van der Waals surface area contributed by atoms with Crippen LogP contribution in [-0.4, -0.2) is 32.1 Å². The van der Waals surface area contributed by atoms with Gasteiger partial charge >= 0.3 is 0 Å². The molecule has 1 unspecified atom stereocenters. The Balaban J connectivity index is 1.75. The van der Waals surface area contributed by atoms with Crippen molar-refractivity contribution in [2.24, 2.45) is 0 Å². The minimum atomic E-state index is -0.206. The number of aromatic nitrogens is 3. The highest BCUT2D eigenvalue weighted by Gasteiger charge is 2.18. The Hall–Kier alpha value is -3.07. The molecule has 8 nitrogen and oxygen atoms in total. The first-order chi connectivity index (χ1) is 14.3. The average molecular weight is 428 g/mol. The number of hydrogen-bond donors (Lipinski definition) is 3. The number of nitrogens with one attached hydrogen (secondary N) is 3. The molecule has 3 N–H and O–H groups in total. The number of thioether (sulfide) groups is 1. The highest BCUT2D eigenvalue weighted by molar-refractivity contribution is 7.99. The lowest BCUT2D eigenvalue weighted by Gasteiger charge is -2.17. The lowest BCUT2D eigenvalue weighted by atomic mass is 10.2. The van der Waals surface area contributed by atoms with Gasteiger partial charge in [-0.1, -0.05) is 18.7 Å². The van der Waals surface area contributed by atoms with Crippen LogP contribution >= 0.6 is 11.8 Å². The third kappa shape index (κ3) is 4.91. The second-order valence-corrected chi connectivity index (χ2v) is 8.08. The van der Waals surface area contributed by atoms with Crippen LogP contribution in [0.5, 0.6) is 0 Å². The van der Waals surface area contributed by atoms with E-state index in [1.54, 1.807) is 28.8 Å². The summed E-state index contributed by atoms with van der Waals surface area (Å²) in [5, 5.41) is 6.02. The normalized spacial score (nSPS) is 12.0. The molecule has 0 aliphatic carbocycles. The smallest absolute Gasteiger partial charge is 0.278 e. The van der Waals surface area contributed by atoms with Gasteiger partial charge in [-0.2, -0.15) is 0 Å². The second-order valence-electron chi connectivity index (χ2n) is 7.13. The fraction of sp³-hybridized carbons (Fsp3) is 0.333. The van der Waals surface area contributed by atoms with Gasteiger partial charge in [0.15, 0.2) is 5.16 Å². The zero-order chi connectivity index (χ0) is 21.8. The number of amides is 2. The van der Waals surface area contributed by atoms with Crippen molar-refractivity contribution in [2.75, 3.05) is 16.4 Å². The van der Waals surface area contributed by atoms with Crippen molar-refractivity contribution in [3.05, 3.63) is 46.4 Å². The number of carbonyl (C=O) groups is 2. The highest BCUT2D eigenvalue weighted by atomic mass is 32.2. The molecule has 2 heterocycles. The summed E-state index contributed by atoms with van der Waals surface area (Å²) in [5.74, 6) is -0.245. The molecule has 30 heavy (non-hydrogen) atoms. The van der Waals surface area contributed by atoms with Crippen LogP contribution < -0.4 is 16.2 Å². The van der Waals surface area contributed by atoms with Crippen LogP contribution in [0.25, 0.3) is 11.0 Å². The zero-order valence-corrected chi connectivity index (χ0v) is 18.2. The Morgan fingerprint density at radius 1 is 1.20 bits per heavy atom. The number of hydrogen-bond acceptors (Lipinski definition) is 5. The van der Waals surface area contributed by atoms with E-state index in [1.165, 1.54) is 18.7 Å². The topological polar surface area (TPSA) is 109 Å². The van der Waals surface area contributed by atoms with Gasteiger partial charge in [0.1, 0.15) is 5.52 Å². The van der Waals surface area contributed by atoms with Crippen molar-refractivity contribution in [3.63, 3.8) is 0 Å². The molecule has 3 aromatic rings. The fourth-order valence-electron chi connectivity index (χ4n) is 3.03. The van der Waals surface area contributed by atoms with E-state index < -0.39 is 0 Å². The number of benzene rings is 1. The van der Waals surface area contributed by atoms with Crippen LogP contribution in [-0.2, 0) is 9.59 Å². The molecule has 0 bridgehead atoms. The van der Waals surface area contributed by atoms with E-state index in [2.05, 4.69) is 20.6 Å². The van der Waals surface area contributed by atoms with Gasteiger partial charge in [0.25, 0.3) is 5.56 Å². The van der Waals surface area contributed by atoms with E-state index in [9.17, 15) is 14.4 Å². The number of H-pyrrole nitrogens is 1. The molecule has 0 fully saturated rings. The summed E-state index contributed by atoms with van der Waals surface area (Å²) in [7, 11) is 0. The summed E-state index contributed by atoms with van der Waals surface area (Å²) in [6.45, 7) is 7.29. The summed E-state index contributed by atoms with van der Waals surface area (Å²) in [6, 6.07) is 8.66. The number of nitrogens with zero attached hydrogens (tertiary/aromatic N) is 2. The van der Waals surface area contributed by atoms with Gasteiger partial charge in [-0.15, -0.1) is 0 Å². The Labute approximate surface area is 178 Å². The van der Waals surface area contributed by atoms with Gasteiger partial charge in [-0.25, -0.2) is 4.98 Å². The molecule has 0 aliphatic rings. The van der Waals surface area contributed by atoms with Gasteiger partial charge in [-0.05, 0) is 50.6 Å². The van der Waals surface area contributed by atoms with Gasteiger partial charge in [0.05, 0.1) is 11.3 Å². The maximum atomic E-state index is 13.0. The largest absolute Gasteiger partial charge is 0.353 e. The van der Waals surface area contributed by atoms with Crippen molar-refractivity contribution in [1.82, 2.24) is 14.5 Å². The molecule has 158 valence electrons. The lowest BCUT2D eigenvalue weighted by Crippen LogP contribution is -2.26. The quantitative estimate of drug-likeness (QED) is 0.394. The predicted octanol–water partition coefficient (Wildman–Crippen LogP) is 3.69. The van der Waals surface area contributed by atoms with E-state index in [1.807, 2.05) is 26.8 Å². The summed E-state index contributed by atoms with van der Waals surface area (Å²) in [6.07, 6.45) is 0.771. The van der Waals surface area contributed by atoms with Crippen LogP contribution in [0, 0.1) is 6.92 Å². The summed E-state index contributed by atoms with van der Waals surface area (Å²) < 4.78 is 1.65. The number of fused-ring (bicyclic) bond motifs is 1. The molecule has 2 aromatic heterocycles. The van der Waals surface area contributed by atoms with Crippen LogP contribution in [0.15, 0.2) is 40.3 Å². The van der Waals surface area contributed by atoms with Crippen LogP contribution in [0.1, 0.15) is 38.9 Å². The van der Waals surface area contributed by atoms with E-state index in [4.69, 9.17) is 0 Å². The monoisotopic (exact) mass is 427 g/mol. The van der Waals surface area contributed by atoms with Crippen molar-refractivity contribution in [2.45, 2.75) is 45.3 Å². The van der Waals surface area contributed by atoms with Crippen LogP contribution in [0.3, 0.4) is 0 Å². The van der Waals surface area contributed by atoms with Crippen LogP contribution in [0.4, 0.5) is 11.4 Å². The van der Waals surface area contributed by atoms with Gasteiger partial charge in [0, 0.05) is 30.0 Å². The molecule has 0 saturated carbocycles. The Bertz CT molecular complexity index is 1130. The maximum absolute atomic E-state index is 13.0. The van der Waals surface area contributed by atoms with E-state index in [0.717, 1.165) is 12.1 Å². The first kappa shape index (κ1) is 21.6. The first-order valence-corrected chi connectivity index (χ1v) is 10.7. The van der Waals surface area contributed by atoms with E-state index in [0.29, 0.717) is 27.6 Å². The number of aromatic amines is 1. The number of carbonyl (C=O) groups excluding carboxylic acids is 2. The summed E-state index contributed by atoms with van der Waals surface area (Å²) in [4.78, 5) is 44.2. The van der Waals surface area contributed by atoms with Gasteiger partial charge in [0.2, 0.25) is 11.8 Å². The number of anilines is 2. The van der Waals surface area contributed by atoms with Crippen molar-refractivity contribution >= 4 is 46.0 Å². The van der Waals surface area contributed by atoms with Gasteiger partial charge < -0.3 is 15.6 Å². The lowest BCUT2D eigenvalue weighted by molar-refractivity contribution is -0.114. The van der Waals surface area contributed by atoms with Crippen molar-refractivity contribution in [3.8, 4) is 0 Å². The molecule has 1 atom stereocenters. The van der Waals surface area contributed by atoms with Crippen molar-refractivity contribution in [1.29, 1.82) is 0 Å². The van der Waals surface area contributed by atoms with Gasteiger partial charge in [-0.3, -0.25) is 19.0 Å². The average Bonchev–Trinajstić information content (AvgIpc) is 3.07. The number of rotatable bonds is 7. The third-order valence-electron chi connectivity index (χ3n) is 4.64. The SMILES string of the molecule is CCC(C)n1c(SCC(=O)Nc2ccc(NC(C)=O)cc2)nc2cc(C)[nH]c2c1=O. The molecule has 0 spiro atoms. The van der Waals surface area contributed by atoms with E-state index >= 15 is 0 Å². The standard InChI is InChI=1S/C21H25N5O3S/c1-5-13(3)26-20(29)19-17(10-12(2)22-19)25-21(26)30-11-18(28)24-16-8-6-15(7-9-16)23-14(4)27/h6-10,13,22H,5,11H2,1-4H3,(H,23,27)(H,24,28). The molecule has 1 aromatic carbocycles. The molecular formula is C21H25N5O3S. The fourth-order valence-corrected chi connectivity index (χ4v) is 3.93. The molecule has 0 saturated heterocycles. The minimum absolute atomic E-state index is 0.0371. The molecule has 2 amide bonds. The molecule has 0 radical (unpaired) electrons.